The van der Waals surface area contributed by atoms with Crippen LogP contribution in [0.2, 0.25) is 0 Å². The Labute approximate surface area is 71.0 Å². The van der Waals surface area contributed by atoms with Crippen LogP contribution in [0.4, 0.5) is 0 Å². The van der Waals surface area contributed by atoms with Crippen molar-refractivity contribution in [1.29, 1.82) is 0 Å². The van der Waals surface area contributed by atoms with Crippen LogP contribution in [0.5, 0.6) is 0 Å². The molecule has 11 heavy (non-hydrogen) atoms. The molecule has 0 spiro atoms. The van der Waals surface area contributed by atoms with Crippen LogP contribution in [-0.2, 0) is 0 Å². The van der Waals surface area contributed by atoms with Crippen molar-refractivity contribution in [1.82, 2.24) is 0 Å². The molecule has 0 bridgehead atoms. The third-order valence-corrected chi connectivity index (χ3v) is 1.62. The third-order valence-electron chi connectivity index (χ3n) is 1.62. The largest absolute Gasteiger partial charge is 0.0839 e. The average molecular weight is 152 g/mol. The molecule has 0 saturated carbocycles. The van der Waals surface area contributed by atoms with Crippen LogP contribution in [0.1, 0.15) is 41.5 Å². The van der Waals surface area contributed by atoms with E-state index in [-0.39, 0.29) is 5.41 Å². The molecule has 0 radical (unpaired) electrons. The van der Waals surface area contributed by atoms with E-state index >= 15 is 0 Å². The van der Waals surface area contributed by atoms with E-state index in [4.69, 9.17) is 0 Å². The van der Waals surface area contributed by atoms with Crippen LogP contribution in [0.15, 0.2) is 23.3 Å². The second-order valence-electron chi connectivity index (χ2n) is 4.22. The fourth-order valence-corrected chi connectivity index (χ4v) is 1.04. The summed E-state index contributed by atoms with van der Waals surface area (Å²) in [5.74, 6) is 0. The molecule has 0 aromatic carbocycles. The first-order valence-corrected chi connectivity index (χ1v) is 4.19. The van der Waals surface area contributed by atoms with Crippen LogP contribution in [0.3, 0.4) is 0 Å². The van der Waals surface area contributed by atoms with Gasteiger partial charge < -0.3 is 0 Å². The van der Waals surface area contributed by atoms with E-state index in [0.29, 0.717) is 0 Å². The normalized spacial score (nSPS) is 13.1. The molecule has 0 heterocycles. The van der Waals surface area contributed by atoms with E-state index in [0.717, 1.165) is 0 Å². The summed E-state index contributed by atoms with van der Waals surface area (Å²) in [6.07, 6.45) is 4.44. The van der Waals surface area contributed by atoms with Crippen molar-refractivity contribution >= 4 is 0 Å². The van der Waals surface area contributed by atoms with Gasteiger partial charge in [0.15, 0.2) is 0 Å². The second kappa shape index (κ2) is 3.75. The van der Waals surface area contributed by atoms with Crippen molar-refractivity contribution in [2.45, 2.75) is 41.5 Å². The lowest BCUT2D eigenvalue weighted by molar-refractivity contribution is 0.515. The van der Waals surface area contributed by atoms with Gasteiger partial charge in [-0.15, -0.1) is 0 Å². The van der Waals surface area contributed by atoms with Crippen LogP contribution >= 0.6 is 0 Å². The Bertz CT molecular complexity index is 171. The Morgan fingerprint density at radius 1 is 1.09 bits per heavy atom. The van der Waals surface area contributed by atoms with Crippen molar-refractivity contribution in [3.05, 3.63) is 23.3 Å². The van der Waals surface area contributed by atoms with Crippen LogP contribution in [0, 0.1) is 5.41 Å². The molecule has 0 rings (SSSR count). The summed E-state index contributed by atoms with van der Waals surface area (Å²) in [6.45, 7) is 13.1. The zero-order valence-electron chi connectivity index (χ0n) is 8.65. The molecule has 0 nitrogen and oxygen atoms in total. The third kappa shape index (κ3) is 4.02. The van der Waals surface area contributed by atoms with Crippen molar-refractivity contribution < 1.29 is 0 Å². The number of hydrogen-bond donors (Lipinski definition) is 0. The smallest absolute Gasteiger partial charge is 0.0135 e. The summed E-state index contributed by atoms with van der Waals surface area (Å²) in [5, 5.41) is 0. The van der Waals surface area contributed by atoms with E-state index in [1.807, 2.05) is 0 Å². The predicted octanol–water partition coefficient (Wildman–Crippen LogP) is 3.95. The quantitative estimate of drug-likeness (QED) is 0.499. The molecule has 0 atom stereocenters. The van der Waals surface area contributed by atoms with Gasteiger partial charge in [0.05, 0.1) is 0 Å². The Morgan fingerprint density at radius 2 is 1.55 bits per heavy atom. The van der Waals surface area contributed by atoms with Gasteiger partial charge in [0.25, 0.3) is 0 Å². The Balaban J connectivity index is 4.60. The number of rotatable bonds is 1. The lowest BCUT2D eigenvalue weighted by atomic mass is 9.85. The van der Waals surface area contributed by atoms with Crippen molar-refractivity contribution in [3.63, 3.8) is 0 Å². The second-order valence-corrected chi connectivity index (χ2v) is 4.22. The van der Waals surface area contributed by atoms with E-state index in [2.05, 4.69) is 53.7 Å². The molecule has 0 N–H and O–H groups in total. The van der Waals surface area contributed by atoms with E-state index in [1.54, 1.807) is 0 Å². The van der Waals surface area contributed by atoms with Crippen LogP contribution < -0.4 is 0 Å². The van der Waals surface area contributed by atoms with Crippen LogP contribution in [-0.4, -0.2) is 0 Å². The molecular weight excluding hydrogens is 132 g/mol. The maximum atomic E-state index is 2.25. The average Bonchev–Trinajstić information content (AvgIpc) is 1.79. The Morgan fingerprint density at radius 3 is 1.64 bits per heavy atom. The van der Waals surface area contributed by atoms with Crippen LogP contribution in [0.25, 0.3) is 0 Å². The van der Waals surface area contributed by atoms with Gasteiger partial charge >= 0.3 is 0 Å². The molecule has 0 amide bonds. The summed E-state index contributed by atoms with van der Waals surface area (Å²) < 4.78 is 0. The lowest BCUT2D eigenvalue weighted by Crippen LogP contribution is -2.07. The Kier molecular flexibility index (Phi) is 3.57. The highest BCUT2D eigenvalue weighted by Gasteiger charge is 2.13. The number of allylic oxidation sites excluding steroid dienone is 4. The van der Waals surface area contributed by atoms with Crippen molar-refractivity contribution in [2.24, 2.45) is 5.41 Å². The molecule has 0 aromatic heterocycles. The van der Waals surface area contributed by atoms with E-state index in [9.17, 15) is 0 Å². The van der Waals surface area contributed by atoms with E-state index in [1.165, 1.54) is 11.1 Å². The zero-order chi connectivity index (χ0) is 9.07. The summed E-state index contributed by atoms with van der Waals surface area (Å²) in [5.41, 5.74) is 3.07. The topological polar surface area (TPSA) is 0 Å². The van der Waals surface area contributed by atoms with Gasteiger partial charge in [-0.05, 0) is 31.8 Å². The first-order chi connectivity index (χ1) is 4.88. The maximum absolute atomic E-state index is 2.25. The van der Waals surface area contributed by atoms with Gasteiger partial charge in [-0.3, -0.25) is 0 Å². The lowest BCUT2D eigenvalue weighted by Gasteiger charge is -2.20. The predicted molar refractivity (Wildman–Crippen MR) is 52.6 cm³/mol. The summed E-state index contributed by atoms with van der Waals surface area (Å²) >= 11 is 0. The summed E-state index contributed by atoms with van der Waals surface area (Å²) in [7, 11) is 0. The van der Waals surface area contributed by atoms with Gasteiger partial charge in [-0.1, -0.05) is 38.5 Å². The Hall–Kier alpha value is -0.520. The fraction of sp³-hybridized carbons (Fsp3) is 0.636. The number of hydrogen-bond acceptors (Lipinski definition) is 0. The molecule has 0 aromatic rings. The minimum absolute atomic E-state index is 0.284. The molecule has 0 aliphatic rings. The summed E-state index contributed by atoms with van der Waals surface area (Å²) in [4.78, 5) is 0. The molecule has 0 fully saturated rings. The van der Waals surface area contributed by atoms with Gasteiger partial charge in [0.2, 0.25) is 0 Å². The van der Waals surface area contributed by atoms with Gasteiger partial charge in [-0.25, -0.2) is 0 Å². The first-order valence-electron chi connectivity index (χ1n) is 4.19. The minimum Gasteiger partial charge on any atom is -0.0839 e. The highest BCUT2D eigenvalue weighted by Crippen LogP contribution is 2.26. The molecule has 0 aliphatic heterocycles. The highest BCUT2D eigenvalue weighted by atomic mass is 14.2. The standard InChI is InChI=1S/C11H20/c1-7-10(8-9(2)3)11(4,5)6/h7-8H,1-6H3/b10-7+. The van der Waals surface area contributed by atoms with Crippen molar-refractivity contribution in [3.8, 4) is 0 Å². The van der Waals surface area contributed by atoms with Crippen molar-refractivity contribution in [2.75, 3.05) is 0 Å². The molecule has 0 aliphatic carbocycles. The minimum atomic E-state index is 0.284. The van der Waals surface area contributed by atoms with Gasteiger partial charge in [0, 0.05) is 0 Å². The molecular formula is C11H20. The summed E-state index contributed by atoms with van der Waals surface area (Å²) in [6, 6.07) is 0. The highest BCUT2D eigenvalue weighted by molar-refractivity contribution is 5.26. The SMILES string of the molecule is C/C=C(\C=C(C)C)C(C)(C)C. The molecule has 0 heteroatoms. The first kappa shape index (κ1) is 10.5. The molecule has 0 saturated heterocycles. The van der Waals surface area contributed by atoms with Gasteiger partial charge in [0.1, 0.15) is 0 Å². The van der Waals surface area contributed by atoms with Gasteiger partial charge in [-0.2, -0.15) is 0 Å². The monoisotopic (exact) mass is 152 g/mol. The molecule has 0 unspecified atom stereocenters. The molecule has 64 valence electrons. The fourth-order valence-electron chi connectivity index (χ4n) is 1.04. The maximum Gasteiger partial charge on any atom is -0.0135 e. The van der Waals surface area contributed by atoms with E-state index < -0.39 is 0 Å². The zero-order valence-corrected chi connectivity index (χ0v) is 8.65.